The van der Waals surface area contributed by atoms with Crippen molar-refractivity contribution in [1.29, 1.82) is 0 Å². The Balaban J connectivity index is 1.89. The predicted molar refractivity (Wildman–Crippen MR) is 54.5 cm³/mol. The van der Waals surface area contributed by atoms with Crippen LogP contribution < -0.4 is 11.1 Å². The molecule has 0 amide bonds. The number of hydrogen-bond acceptors (Lipinski definition) is 3. The monoisotopic (exact) mass is 177 g/mol. The molecule has 2 rings (SSSR count). The second-order valence-corrected chi connectivity index (χ2v) is 3.64. The molecular formula is C10H15N3. The van der Waals surface area contributed by atoms with Crippen LogP contribution in [0, 0.1) is 5.92 Å². The molecule has 0 aliphatic heterocycles. The fraction of sp³-hybridized carbons (Fsp3) is 0.500. The van der Waals surface area contributed by atoms with Gasteiger partial charge < -0.3 is 11.1 Å². The van der Waals surface area contributed by atoms with Crippen molar-refractivity contribution in [3.05, 3.63) is 18.5 Å². The summed E-state index contributed by atoms with van der Waals surface area (Å²) in [6.07, 6.45) is 7.59. The summed E-state index contributed by atoms with van der Waals surface area (Å²) in [5.74, 6) is 0.847. The van der Waals surface area contributed by atoms with Crippen molar-refractivity contribution in [3.8, 4) is 0 Å². The number of nitrogens with zero attached hydrogens (tertiary/aromatic N) is 1. The molecule has 1 aliphatic carbocycles. The van der Waals surface area contributed by atoms with Crippen LogP contribution in [0.2, 0.25) is 0 Å². The van der Waals surface area contributed by atoms with Gasteiger partial charge in [-0.15, -0.1) is 0 Å². The van der Waals surface area contributed by atoms with Crippen LogP contribution in [0.3, 0.4) is 0 Å². The van der Waals surface area contributed by atoms with E-state index in [0.29, 0.717) is 0 Å². The predicted octanol–water partition coefficient (Wildman–Crippen LogP) is 1.88. The third-order valence-electron chi connectivity index (χ3n) is 2.66. The molecule has 1 saturated carbocycles. The summed E-state index contributed by atoms with van der Waals surface area (Å²) >= 11 is 0. The van der Waals surface area contributed by atoms with E-state index >= 15 is 0 Å². The maximum atomic E-state index is 5.76. The SMILES string of the molecule is Nc1ccncc1NCC1CCC1. The first-order valence-corrected chi connectivity index (χ1v) is 4.79. The second-order valence-electron chi connectivity index (χ2n) is 3.64. The average molecular weight is 177 g/mol. The molecule has 1 aromatic rings. The lowest BCUT2D eigenvalue weighted by Gasteiger charge is -2.26. The van der Waals surface area contributed by atoms with Crippen molar-refractivity contribution in [2.24, 2.45) is 5.92 Å². The maximum Gasteiger partial charge on any atom is 0.0760 e. The fourth-order valence-electron chi connectivity index (χ4n) is 1.50. The van der Waals surface area contributed by atoms with Crippen molar-refractivity contribution < 1.29 is 0 Å². The quantitative estimate of drug-likeness (QED) is 0.741. The van der Waals surface area contributed by atoms with Crippen LogP contribution in [-0.2, 0) is 0 Å². The van der Waals surface area contributed by atoms with Crippen molar-refractivity contribution >= 4 is 11.4 Å². The van der Waals surface area contributed by atoms with E-state index in [1.54, 1.807) is 12.4 Å². The number of nitrogens with two attached hydrogens (primary N) is 1. The third kappa shape index (κ3) is 1.91. The summed E-state index contributed by atoms with van der Waals surface area (Å²) < 4.78 is 0. The highest BCUT2D eigenvalue weighted by atomic mass is 14.9. The number of nitrogen functional groups attached to an aromatic ring is 1. The highest BCUT2D eigenvalue weighted by Gasteiger charge is 2.16. The Kier molecular flexibility index (Phi) is 2.34. The molecule has 3 nitrogen and oxygen atoms in total. The van der Waals surface area contributed by atoms with E-state index in [0.717, 1.165) is 23.8 Å². The first-order valence-electron chi connectivity index (χ1n) is 4.79. The number of aromatic nitrogens is 1. The van der Waals surface area contributed by atoms with Gasteiger partial charge >= 0.3 is 0 Å². The first kappa shape index (κ1) is 8.35. The standard InChI is InChI=1S/C10H15N3/c11-9-4-5-12-7-10(9)13-6-8-2-1-3-8/h4-5,7-8,13H,1-3,6H2,(H2,11,12). The second kappa shape index (κ2) is 3.64. The van der Waals surface area contributed by atoms with Crippen LogP contribution in [0.15, 0.2) is 18.5 Å². The molecule has 0 radical (unpaired) electrons. The van der Waals surface area contributed by atoms with E-state index in [1.807, 2.05) is 6.07 Å². The Hall–Kier alpha value is -1.25. The average Bonchev–Trinajstić information content (AvgIpc) is 2.05. The van der Waals surface area contributed by atoms with Gasteiger partial charge in [0.1, 0.15) is 0 Å². The summed E-state index contributed by atoms with van der Waals surface area (Å²) in [7, 11) is 0. The molecule has 13 heavy (non-hydrogen) atoms. The van der Waals surface area contributed by atoms with Gasteiger partial charge in [0.05, 0.1) is 17.6 Å². The van der Waals surface area contributed by atoms with Crippen LogP contribution in [0.5, 0.6) is 0 Å². The summed E-state index contributed by atoms with van der Waals surface area (Å²) in [5.41, 5.74) is 7.52. The zero-order valence-electron chi connectivity index (χ0n) is 7.66. The molecule has 0 aromatic carbocycles. The summed E-state index contributed by atoms with van der Waals surface area (Å²) in [6.45, 7) is 1.04. The summed E-state index contributed by atoms with van der Waals surface area (Å²) in [4.78, 5) is 4.02. The Morgan fingerprint density at radius 1 is 1.54 bits per heavy atom. The van der Waals surface area contributed by atoms with Gasteiger partial charge in [-0.3, -0.25) is 4.98 Å². The third-order valence-corrected chi connectivity index (χ3v) is 2.66. The molecule has 0 spiro atoms. The minimum Gasteiger partial charge on any atom is -0.397 e. The largest absolute Gasteiger partial charge is 0.397 e. The zero-order valence-corrected chi connectivity index (χ0v) is 7.66. The van der Waals surface area contributed by atoms with Crippen LogP contribution >= 0.6 is 0 Å². The number of anilines is 2. The molecule has 3 N–H and O–H groups in total. The molecule has 0 atom stereocenters. The van der Waals surface area contributed by atoms with Gasteiger partial charge in [0.15, 0.2) is 0 Å². The Morgan fingerprint density at radius 3 is 3.00 bits per heavy atom. The smallest absolute Gasteiger partial charge is 0.0760 e. The normalized spacial score (nSPS) is 16.6. The van der Waals surface area contributed by atoms with E-state index in [2.05, 4.69) is 10.3 Å². The van der Waals surface area contributed by atoms with Crippen molar-refractivity contribution in [2.45, 2.75) is 19.3 Å². The Bertz CT molecular complexity index is 281. The van der Waals surface area contributed by atoms with Crippen molar-refractivity contribution in [3.63, 3.8) is 0 Å². The molecule has 0 saturated heterocycles. The minimum atomic E-state index is 0.786. The fourth-order valence-corrected chi connectivity index (χ4v) is 1.50. The molecular weight excluding hydrogens is 162 g/mol. The van der Waals surface area contributed by atoms with Crippen LogP contribution in [0.1, 0.15) is 19.3 Å². The van der Waals surface area contributed by atoms with E-state index in [-0.39, 0.29) is 0 Å². The van der Waals surface area contributed by atoms with E-state index in [9.17, 15) is 0 Å². The lowest BCUT2D eigenvalue weighted by molar-refractivity contribution is 0.333. The molecule has 1 heterocycles. The maximum absolute atomic E-state index is 5.76. The van der Waals surface area contributed by atoms with Crippen molar-refractivity contribution in [1.82, 2.24) is 4.98 Å². The van der Waals surface area contributed by atoms with Gasteiger partial charge in [0, 0.05) is 12.7 Å². The van der Waals surface area contributed by atoms with Gasteiger partial charge in [-0.05, 0) is 24.8 Å². The lowest BCUT2D eigenvalue weighted by atomic mass is 9.85. The minimum absolute atomic E-state index is 0.786. The van der Waals surface area contributed by atoms with Gasteiger partial charge in [0.2, 0.25) is 0 Å². The molecule has 70 valence electrons. The number of rotatable bonds is 3. The Morgan fingerprint density at radius 2 is 2.38 bits per heavy atom. The van der Waals surface area contributed by atoms with Gasteiger partial charge in [-0.2, -0.15) is 0 Å². The van der Waals surface area contributed by atoms with E-state index in [1.165, 1.54) is 19.3 Å². The van der Waals surface area contributed by atoms with Crippen molar-refractivity contribution in [2.75, 3.05) is 17.6 Å². The summed E-state index contributed by atoms with van der Waals surface area (Å²) in [6, 6.07) is 1.82. The number of pyridine rings is 1. The van der Waals surface area contributed by atoms with Crippen LogP contribution in [0.25, 0.3) is 0 Å². The van der Waals surface area contributed by atoms with Crippen LogP contribution in [0.4, 0.5) is 11.4 Å². The number of nitrogens with one attached hydrogen (secondary N) is 1. The highest BCUT2D eigenvalue weighted by Crippen LogP contribution is 2.27. The van der Waals surface area contributed by atoms with Crippen LogP contribution in [-0.4, -0.2) is 11.5 Å². The molecule has 1 aromatic heterocycles. The lowest BCUT2D eigenvalue weighted by Crippen LogP contribution is -2.21. The molecule has 0 bridgehead atoms. The Labute approximate surface area is 78.4 Å². The topological polar surface area (TPSA) is 50.9 Å². The van der Waals surface area contributed by atoms with Gasteiger partial charge in [0.25, 0.3) is 0 Å². The highest BCUT2D eigenvalue weighted by molar-refractivity contribution is 5.64. The summed E-state index contributed by atoms with van der Waals surface area (Å²) in [5, 5.41) is 3.33. The first-order chi connectivity index (χ1) is 6.36. The molecule has 3 heteroatoms. The zero-order chi connectivity index (χ0) is 9.10. The number of hydrogen-bond donors (Lipinski definition) is 2. The molecule has 1 aliphatic rings. The molecule has 1 fully saturated rings. The van der Waals surface area contributed by atoms with Gasteiger partial charge in [-0.1, -0.05) is 6.42 Å². The van der Waals surface area contributed by atoms with E-state index < -0.39 is 0 Å². The molecule has 0 unspecified atom stereocenters. The van der Waals surface area contributed by atoms with Gasteiger partial charge in [-0.25, -0.2) is 0 Å². The van der Waals surface area contributed by atoms with E-state index in [4.69, 9.17) is 5.73 Å².